The highest BCUT2D eigenvalue weighted by molar-refractivity contribution is 6.05. The molecule has 0 bridgehead atoms. The van der Waals surface area contributed by atoms with Crippen molar-refractivity contribution in [3.63, 3.8) is 0 Å². The van der Waals surface area contributed by atoms with Gasteiger partial charge in [-0.2, -0.15) is 0 Å². The molecule has 0 fully saturated rings. The first-order valence-electron chi connectivity index (χ1n) is 8.62. The summed E-state index contributed by atoms with van der Waals surface area (Å²) >= 11 is 0. The van der Waals surface area contributed by atoms with Crippen molar-refractivity contribution in [2.45, 2.75) is 51.4 Å². The maximum atomic E-state index is 4.81. The highest BCUT2D eigenvalue weighted by Gasteiger charge is 2.18. The molecule has 2 aliphatic carbocycles. The summed E-state index contributed by atoms with van der Waals surface area (Å²) in [5.74, 6) is 0. The third kappa shape index (κ3) is 1.73. The van der Waals surface area contributed by atoms with Crippen molar-refractivity contribution in [1.29, 1.82) is 0 Å². The summed E-state index contributed by atoms with van der Waals surface area (Å²) in [4.78, 5) is 9.62. The Morgan fingerprint density at radius 1 is 0.591 bits per heavy atom. The SMILES string of the molecule is c1nc2c(ccc3c4c(cnc32)CCCC4)c2c1CCCC2. The second-order valence-electron chi connectivity index (χ2n) is 6.80. The Morgan fingerprint density at radius 2 is 1.05 bits per heavy atom. The molecule has 3 aromatic rings. The predicted molar refractivity (Wildman–Crippen MR) is 90.3 cm³/mol. The summed E-state index contributed by atoms with van der Waals surface area (Å²) < 4.78 is 0. The molecule has 0 radical (unpaired) electrons. The smallest absolute Gasteiger partial charge is 0.0967 e. The maximum absolute atomic E-state index is 4.81. The Labute approximate surface area is 130 Å². The monoisotopic (exact) mass is 288 g/mol. The van der Waals surface area contributed by atoms with Gasteiger partial charge >= 0.3 is 0 Å². The second kappa shape index (κ2) is 4.77. The van der Waals surface area contributed by atoms with Crippen LogP contribution in [0, 0.1) is 0 Å². The van der Waals surface area contributed by atoms with E-state index in [9.17, 15) is 0 Å². The molecule has 0 saturated heterocycles. The summed E-state index contributed by atoms with van der Waals surface area (Å²) in [7, 11) is 0. The minimum absolute atomic E-state index is 1.12. The molecular weight excluding hydrogens is 268 g/mol. The quantitative estimate of drug-likeness (QED) is 0.567. The number of rotatable bonds is 0. The standard InChI is InChI=1S/C20H20N2/c1-3-7-15-13(5-1)11-21-19-17(15)9-10-18-16-8-4-2-6-14(16)12-22-20(18)19/h9-12H,1-8H2. The molecule has 2 aromatic heterocycles. The second-order valence-corrected chi connectivity index (χ2v) is 6.80. The van der Waals surface area contributed by atoms with Crippen LogP contribution >= 0.6 is 0 Å². The third-order valence-corrected chi connectivity index (χ3v) is 5.52. The molecule has 1 aromatic carbocycles. The van der Waals surface area contributed by atoms with Crippen LogP contribution in [0.5, 0.6) is 0 Å². The number of fused-ring (bicyclic) bond motifs is 7. The molecule has 0 spiro atoms. The van der Waals surface area contributed by atoms with Gasteiger partial charge in [0.05, 0.1) is 11.0 Å². The van der Waals surface area contributed by atoms with Gasteiger partial charge in [-0.05, 0) is 73.6 Å². The van der Waals surface area contributed by atoms with Gasteiger partial charge in [-0.1, -0.05) is 12.1 Å². The molecule has 2 aliphatic rings. The van der Waals surface area contributed by atoms with Gasteiger partial charge in [-0.15, -0.1) is 0 Å². The van der Waals surface area contributed by atoms with E-state index in [2.05, 4.69) is 24.5 Å². The highest BCUT2D eigenvalue weighted by atomic mass is 14.7. The molecule has 110 valence electrons. The van der Waals surface area contributed by atoms with Crippen molar-refractivity contribution < 1.29 is 0 Å². The third-order valence-electron chi connectivity index (χ3n) is 5.52. The Hall–Kier alpha value is -1.96. The van der Waals surface area contributed by atoms with Crippen LogP contribution < -0.4 is 0 Å². The average Bonchev–Trinajstić information content (AvgIpc) is 2.60. The lowest BCUT2D eigenvalue weighted by Crippen LogP contribution is -2.07. The van der Waals surface area contributed by atoms with E-state index in [0.717, 1.165) is 11.0 Å². The molecule has 0 atom stereocenters. The van der Waals surface area contributed by atoms with Crippen LogP contribution in [0.2, 0.25) is 0 Å². The number of aromatic nitrogens is 2. The molecule has 0 amide bonds. The fraction of sp³-hybridized carbons (Fsp3) is 0.400. The van der Waals surface area contributed by atoms with Gasteiger partial charge < -0.3 is 0 Å². The van der Waals surface area contributed by atoms with Crippen LogP contribution in [0.4, 0.5) is 0 Å². The van der Waals surface area contributed by atoms with E-state index in [1.54, 1.807) is 0 Å². The van der Waals surface area contributed by atoms with Crippen molar-refractivity contribution >= 4 is 21.8 Å². The first-order chi connectivity index (χ1) is 10.9. The van der Waals surface area contributed by atoms with Crippen LogP contribution in [0.3, 0.4) is 0 Å². The minimum Gasteiger partial charge on any atom is -0.254 e. The van der Waals surface area contributed by atoms with Crippen LogP contribution in [0.15, 0.2) is 24.5 Å². The molecule has 0 unspecified atom stereocenters. The van der Waals surface area contributed by atoms with Crippen molar-refractivity contribution in [2.24, 2.45) is 0 Å². The number of benzene rings is 1. The lowest BCUT2D eigenvalue weighted by atomic mass is 9.87. The summed E-state index contributed by atoms with van der Waals surface area (Å²) in [6.07, 6.45) is 14.2. The van der Waals surface area contributed by atoms with Crippen LogP contribution in [-0.4, -0.2) is 9.97 Å². The van der Waals surface area contributed by atoms with Gasteiger partial charge in [0.1, 0.15) is 0 Å². The van der Waals surface area contributed by atoms with Gasteiger partial charge in [0.2, 0.25) is 0 Å². The van der Waals surface area contributed by atoms with Crippen LogP contribution in [0.1, 0.15) is 47.9 Å². The molecular formula is C20H20N2. The molecule has 2 heterocycles. The van der Waals surface area contributed by atoms with E-state index >= 15 is 0 Å². The molecule has 2 heteroatoms. The van der Waals surface area contributed by atoms with E-state index in [0.29, 0.717) is 0 Å². The van der Waals surface area contributed by atoms with Crippen molar-refractivity contribution in [3.8, 4) is 0 Å². The zero-order valence-corrected chi connectivity index (χ0v) is 12.9. The maximum Gasteiger partial charge on any atom is 0.0967 e. The molecule has 5 rings (SSSR count). The first-order valence-corrected chi connectivity index (χ1v) is 8.62. The zero-order chi connectivity index (χ0) is 14.5. The van der Waals surface area contributed by atoms with E-state index in [-0.39, 0.29) is 0 Å². The van der Waals surface area contributed by atoms with Crippen molar-refractivity contribution in [2.75, 3.05) is 0 Å². The van der Waals surface area contributed by atoms with Gasteiger partial charge in [0.25, 0.3) is 0 Å². The predicted octanol–water partition coefficient (Wildman–Crippen LogP) is 4.54. The molecule has 2 nitrogen and oxygen atoms in total. The number of aryl methyl sites for hydroxylation is 4. The normalized spacial score (nSPS) is 17.5. The molecule has 0 saturated carbocycles. The summed E-state index contributed by atoms with van der Waals surface area (Å²) in [6, 6.07) is 4.62. The molecule has 0 N–H and O–H groups in total. The first kappa shape index (κ1) is 12.6. The lowest BCUT2D eigenvalue weighted by molar-refractivity contribution is 0.686. The largest absolute Gasteiger partial charge is 0.254 e. The minimum atomic E-state index is 1.12. The van der Waals surface area contributed by atoms with Crippen LogP contribution in [-0.2, 0) is 25.7 Å². The summed E-state index contributed by atoms with van der Waals surface area (Å²) in [6.45, 7) is 0. The fourth-order valence-corrected chi connectivity index (χ4v) is 4.37. The average molecular weight is 288 g/mol. The lowest BCUT2D eigenvalue weighted by Gasteiger charge is -2.20. The Morgan fingerprint density at radius 3 is 1.55 bits per heavy atom. The zero-order valence-electron chi connectivity index (χ0n) is 12.9. The van der Waals surface area contributed by atoms with E-state index in [4.69, 9.17) is 9.97 Å². The van der Waals surface area contributed by atoms with E-state index < -0.39 is 0 Å². The Kier molecular flexibility index (Phi) is 2.73. The highest BCUT2D eigenvalue weighted by Crippen LogP contribution is 2.34. The Bertz CT molecular complexity index is 820. The summed E-state index contributed by atoms with van der Waals surface area (Å²) in [5, 5.41) is 2.68. The van der Waals surface area contributed by atoms with Gasteiger partial charge in [-0.25, -0.2) is 0 Å². The molecule has 22 heavy (non-hydrogen) atoms. The van der Waals surface area contributed by atoms with Crippen LogP contribution in [0.25, 0.3) is 21.8 Å². The van der Waals surface area contributed by atoms with Crippen molar-refractivity contribution in [1.82, 2.24) is 9.97 Å². The van der Waals surface area contributed by atoms with E-state index in [1.807, 2.05) is 0 Å². The van der Waals surface area contributed by atoms with E-state index in [1.165, 1.54) is 84.4 Å². The topological polar surface area (TPSA) is 25.8 Å². The number of hydrogen-bond donors (Lipinski definition) is 0. The Balaban J connectivity index is 1.85. The fourth-order valence-electron chi connectivity index (χ4n) is 4.37. The van der Waals surface area contributed by atoms with Gasteiger partial charge in [-0.3, -0.25) is 9.97 Å². The van der Waals surface area contributed by atoms with Gasteiger partial charge in [0.15, 0.2) is 0 Å². The summed E-state index contributed by atoms with van der Waals surface area (Å²) in [5.41, 5.74) is 8.19. The number of pyridine rings is 2. The number of nitrogens with zero attached hydrogens (tertiary/aromatic N) is 2. The van der Waals surface area contributed by atoms with Gasteiger partial charge in [0, 0.05) is 23.2 Å². The number of hydrogen-bond acceptors (Lipinski definition) is 2. The molecule has 0 aliphatic heterocycles. The van der Waals surface area contributed by atoms with Crippen molar-refractivity contribution in [3.05, 3.63) is 46.8 Å².